The van der Waals surface area contributed by atoms with Gasteiger partial charge in [0.25, 0.3) is 17.7 Å². The highest BCUT2D eigenvalue weighted by Gasteiger charge is 2.22. The molecule has 1 aromatic carbocycles. The van der Waals surface area contributed by atoms with Gasteiger partial charge in [0.2, 0.25) is 0 Å². The first-order valence-corrected chi connectivity index (χ1v) is 12.6. The number of fused-ring (bicyclic) bond motifs is 1. The van der Waals surface area contributed by atoms with Crippen LogP contribution >= 0.6 is 46.7 Å². The second kappa shape index (κ2) is 11.5. The summed E-state index contributed by atoms with van der Waals surface area (Å²) in [4.78, 5) is 47.8. The molecule has 3 aromatic rings. The van der Waals surface area contributed by atoms with E-state index < -0.39 is 0 Å². The molecule has 0 saturated carbocycles. The summed E-state index contributed by atoms with van der Waals surface area (Å²) in [6.07, 6.45) is 0.812. The number of nitrogens with zero attached hydrogens (tertiary/aromatic N) is 3. The Bertz CT molecular complexity index is 1260. The standard InChI is InChI=1S/C23H24ClN5O3S2.ClH/c1-28(2)23(32)13-4-5-14(11-25-20(30)17-6-7-19(24)33-17)16(10-13)26-21(31)22-27-15-8-9-29(3)12-18(15)34-22;/h4-7,10H,8-9,11-12H2,1-3H3,(H,25,30)(H,26,31);1H. The van der Waals surface area contributed by atoms with E-state index in [1.54, 1.807) is 44.4 Å². The van der Waals surface area contributed by atoms with Crippen molar-refractivity contribution in [2.45, 2.75) is 19.5 Å². The quantitative estimate of drug-likeness (QED) is 0.478. The predicted molar refractivity (Wildman–Crippen MR) is 142 cm³/mol. The van der Waals surface area contributed by atoms with E-state index in [0.717, 1.165) is 30.1 Å². The number of amides is 3. The first-order chi connectivity index (χ1) is 16.2. The molecule has 186 valence electrons. The zero-order valence-corrected chi connectivity index (χ0v) is 22.6. The van der Waals surface area contributed by atoms with Gasteiger partial charge in [-0.25, -0.2) is 4.98 Å². The van der Waals surface area contributed by atoms with E-state index in [1.165, 1.54) is 27.6 Å². The molecule has 0 radical (unpaired) electrons. The number of carbonyl (C=O) groups is 3. The number of anilines is 1. The van der Waals surface area contributed by atoms with Gasteiger partial charge in [0.05, 0.1) is 14.9 Å². The number of thiophene rings is 1. The molecule has 0 bridgehead atoms. The molecule has 8 nitrogen and oxygen atoms in total. The van der Waals surface area contributed by atoms with E-state index in [2.05, 4.69) is 20.5 Å². The topological polar surface area (TPSA) is 94.6 Å². The van der Waals surface area contributed by atoms with E-state index in [9.17, 15) is 14.4 Å². The average Bonchev–Trinajstić information content (AvgIpc) is 3.43. The van der Waals surface area contributed by atoms with Crippen LogP contribution in [0.15, 0.2) is 30.3 Å². The number of carbonyl (C=O) groups excluding carboxylic acids is 3. The van der Waals surface area contributed by atoms with E-state index in [-0.39, 0.29) is 36.7 Å². The molecular formula is C23H25Cl2N5O3S2. The molecule has 0 spiro atoms. The smallest absolute Gasteiger partial charge is 0.284 e. The number of benzene rings is 1. The maximum atomic E-state index is 13.1. The molecule has 4 rings (SSSR count). The van der Waals surface area contributed by atoms with Gasteiger partial charge < -0.3 is 20.4 Å². The molecule has 12 heteroatoms. The molecule has 35 heavy (non-hydrogen) atoms. The summed E-state index contributed by atoms with van der Waals surface area (Å²) in [5, 5.41) is 6.13. The van der Waals surface area contributed by atoms with Gasteiger partial charge in [0.1, 0.15) is 0 Å². The monoisotopic (exact) mass is 553 g/mol. The molecule has 0 aliphatic carbocycles. The normalized spacial score (nSPS) is 12.9. The summed E-state index contributed by atoms with van der Waals surface area (Å²) < 4.78 is 0.530. The zero-order chi connectivity index (χ0) is 24.4. The van der Waals surface area contributed by atoms with Crippen molar-refractivity contribution in [3.05, 3.63) is 66.3 Å². The first-order valence-electron chi connectivity index (χ1n) is 10.6. The van der Waals surface area contributed by atoms with Crippen molar-refractivity contribution in [3.8, 4) is 0 Å². The second-order valence-electron chi connectivity index (χ2n) is 8.19. The zero-order valence-electron chi connectivity index (χ0n) is 19.4. The van der Waals surface area contributed by atoms with Gasteiger partial charge in [0, 0.05) is 56.3 Å². The number of nitrogens with one attached hydrogen (secondary N) is 2. The fourth-order valence-electron chi connectivity index (χ4n) is 3.53. The SMILES string of the molecule is CN1CCc2nc(C(=O)Nc3cc(C(=O)N(C)C)ccc3CNC(=O)c3ccc(Cl)s3)sc2C1.Cl. The summed E-state index contributed by atoms with van der Waals surface area (Å²) in [6.45, 7) is 1.85. The lowest BCUT2D eigenvalue weighted by molar-refractivity contribution is 0.0826. The highest BCUT2D eigenvalue weighted by molar-refractivity contribution is 7.18. The van der Waals surface area contributed by atoms with Gasteiger partial charge >= 0.3 is 0 Å². The maximum Gasteiger partial charge on any atom is 0.284 e. The van der Waals surface area contributed by atoms with Gasteiger partial charge in [0.15, 0.2) is 5.01 Å². The molecule has 0 saturated heterocycles. The Morgan fingerprint density at radius 3 is 2.60 bits per heavy atom. The summed E-state index contributed by atoms with van der Waals surface area (Å²) >= 11 is 8.50. The number of rotatable bonds is 6. The third-order valence-electron chi connectivity index (χ3n) is 5.36. The summed E-state index contributed by atoms with van der Waals surface area (Å²) in [5.74, 6) is -0.791. The first kappa shape index (κ1) is 27.1. The number of thiazole rings is 1. The highest BCUT2D eigenvalue weighted by Crippen LogP contribution is 2.27. The van der Waals surface area contributed by atoms with Gasteiger partial charge in [-0.3, -0.25) is 14.4 Å². The Hall–Kier alpha value is -2.50. The Morgan fingerprint density at radius 2 is 1.91 bits per heavy atom. The molecule has 3 amide bonds. The lowest BCUT2D eigenvalue weighted by Crippen LogP contribution is -2.25. The van der Waals surface area contributed by atoms with Crippen LogP contribution in [0.2, 0.25) is 4.34 Å². The van der Waals surface area contributed by atoms with Crippen LogP contribution in [-0.2, 0) is 19.5 Å². The molecule has 2 N–H and O–H groups in total. The minimum atomic E-state index is -0.339. The summed E-state index contributed by atoms with van der Waals surface area (Å²) in [6, 6.07) is 8.37. The summed E-state index contributed by atoms with van der Waals surface area (Å²) in [7, 11) is 5.37. The Kier molecular flexibility index (Phi) is 8.89. The van der Waals surface area contributed by atoms with Gasteiger partial charge in [-0.05, 0) is 36.9 Å². The Balaban J connectivity index is 0.00000342. The largest absolute Gasteiger partial charge is 0.347 e. The van der Waals surface area contributed by atoms with Crippen molar-refractivity contribution in [3.63, 3.8) is 0 Å². The number of hydrogen-bond donors (Lipinski definition) is 2. The number of likely N-dealkylation sites (N-methyl/N-ethyl adjacent to an activating group) is 1. The predicted octanol–water partition coefficient (Wildman–Crippen LogP) is 4.15. The van der Waals surface area contributed by atoms with E-state index in [0.29, 0.717) is 31.0 Å². The van der Waals surface area contributed by atoms with Crippen LogP contribution in [0, 0.1) is 0 Å². The minimum Gasteiger partial charge on any atom is -0.347 e. The molecule has 2 aromatic heterocycles. The fraction of sp³-hybridized carbons (Fsp3) is 0.304. The fourth-order valence-corrected chi connectivity index (χ4v) is 5.58. The lowest BCUT2D eigenvalue weighted by Gasteiger charge is -2.20. The Labute approximate surface area is 222 Å². The van der Waals surface area contributed by atoms with Crippen molar-refractivity contribution in [2.75, 3.05) is 33.0 Å². The lowest BCUT2D eigenvalue weighted by atomic mass is 10.1. The van der Waals surface area contributed by atoms with Crippen molar-refractivity contribution in [2.24, 2.45) is 0 Å². The average molecular weight is 555 g/mol. The van der Waals surface area contributed by atoms with E-state index >= 15 is 0 Å². The third kappa shape index (κ3) is 6.39. The van der Waals surface area contributed by atoms with Crippen molar-refractivity contribution in [1.29, 1.82) is 0 Å². The molecule has 3 heterocycles. The molecular weight excluding hydrogens is 529 g/mol. The maximum absolute atomic E-state index is 13.1. The van der Waals surface area contributed by atoms with Crippen LogP contribution in [0.1, 0.15) is 46.0 Å². The van der Waals surface area contributed by atoms with Gasteiger partial charge in [-0.15, -0.1) is 35.1 Å². The van der Waals surface area contributed by atoms with Crippen LogP contribution in [0.4, 0.5) is 5.69 Å². The van der Waals surface area contributed by atoms with Gasteiger partial charge in [-0.2, -0.15) is 0 Å². The molecule has 0 fully saturated rings. The Morgan fingerprint density at radius 1 is 1.14 bits per heavy atom. The minimum absolute atomic E-state index is 0. The molecule has 1 aliphatic heterocycles. The summed E-state index contributed by atoms with van der Waals surface area (Å²) in [5.41, 5.74) is 2.51. The molecule has 0 unspecified atom stereocenters. The van der Waals surface area contributed by atoms with Crippen molar-refractivity contribution >= 4 is 70.1 Å². The van der Waals surface area contributed by atoms with Crippen LogP contribution in [0.3, 0.4) is 0 Å². The van der Waals surface area contributed by atoms with Crippen molar-refractivity contribution in [1.82, 2.24) is 20.1 Å². The number of aromatic nitrogens is 1. The van der Waals surface area contributed by atoms with Crippen LogP contribution in [0.25, 0.3) is 0 Å². The molecule has 0 atom stereocenters. The number of hydrogen-bond acceptors (Lipinski definition) is 7. The van der Waals surface area contributed by atoms with Crippen LogP contribution in [0.5, 0.6) is 0 Å². The highest BCUT2D eigenvalue weighted by atomic mass is 35.5. The van der Waals surface area contributed by atoms with Crippen LogP contribution in [-0.4, -0.2) is 60.2 Å². The number of halogens is 2. The second-order valence-corrected chi connectivity index (χ2v) is 11.0. The van der Waals surface area contributed by atoms with E-state index in [1.807, 2.05) is 7.05 Å². The molecule has 1 aliphatic rings. The van der Waals surface area contributed by atoms with E-state index in [4.69, 9.17) is 11.6 Å². The third-order valence-corrected chi connectivity index (χ3v) is 7.68. The van der Waals surface area contributed by atoms with Gasteiger partial charge in [-0.1, -0.05) is 17.7 Å². The van der Waals surface area contributed by atoms with Crippen molar-refractivity contribution < 1.29 is 14.4 Å². The van der Waals surface area contributed by atoms with Crippen LogP contribution < -0.4 is 10.6 Å².